The van der Waals surface area contributed by atoms with E-state index in [0.29, 0.717) is 5.56 Å². The van der Waals surface area contributed by atoms with Crippen molar-refractivity contribution in [2.24, 2.45) is 0 Å². The third kappa shape index (κ3) is 2.83. The molecule has 0 aliphatic rings. The van der Waals surface area contributed by atoms with Crippen LogP contribution in [0.1, 0.15) is 34.2 Å². The highest BCUT2D eigenvalue weighted by atomic mass is 19.4. The van der Waals surface area contributed by atoms with E-state index in [2.05, 4.69) is 5.10 Å². The molecule has 0 aliphatic carbocycles. The minimum atomic E-state index is -4.55. The van der Waals surface area contributed by atoms with Gasteiger partial charge in [0.05, 0.1) is 0 Å². The molecule has 3 nitrogen and oxygen atoms in total. The van der Waals surface area contributed by atoms with Gasteiger partial charge in [-0.25, -0.2) is 0 Å². The highest BCUT2D eigenvalue weighted by Gasteiger charge is 2.37. The van der Waals surface area contributed by atoms with Crippen molar-refractivity contribution in [3.8, 4) is 0 Å². The fraction of sp³-hybridized carbons (Fsp3) is 0.231. The summed E-state index contributed by atoms with van der Waals surface area (Å²) in [6.45, 7) is 1.20. The lowest BCUT2D eigenvalue weighted by molar-refractivity contribution is -0.141. The molecule has 1 aromatic carbocycles. The number of H-pyrrole nitrogens is 1. The van der Waals surface area contributed by atoms with Crippen LogP contribution >= 0.6 is 0 Å². The second kappa shape index (κ2) is 4.87. The molecule has 19 heavy (non-hydrogen) atoms. The Morgan fingerprint density at radius 2 is 1.89 bits per heavy atom. The molecule has 0 fully saturated rings. The van der Waals surface area contributed by atoms with Gasteiger partial charge in [-0.2, -0.15) is 18.3 Å². The first kappa shape index (κ1) is 13.3. The molecule has 2 aromatic rings. The third-order valence-corrected chi connectivity index (χ3v) is 2.71. The molecule has 1 heterocycles. The topological polar surface area (TPSA) is 45.8 Å². The quantitative estimate of drug-likeness (QED) is 0.869. The molecule has 0 spiro atoms. The summed E-state index contributed by atoms with van der Waals surface area (Å²) in [6.07, 6.45) is -4.54. The average molecular weight is 268 g/mol. The Morgan fingerprint density at radius 3 is 2.42 bits per heavy atom. The number of alkyl halides is 3. The van der Waals surface area contributed by atoms with Gasteiger partial charge in [-0.1, -0.05) is 30.3 Å². The third-order valence-electron chi connectivity index (χ3n) is 2.71. The number of carbonyl (C=O) groups excluding carboxylic acids is 1. The number of nitrogens with one attached hydrogen (secondary N) is 1. The maximum Gasteiger partial charge on any atom is 0.433 e. The van der Waals surface area contributed by atoms with Crippen LogP contribution in [0, 0.1) is 0 Å². The van der Waals surface area contributed by atoms with Crippen molar-refractivity contribution in [2.45, 2.75) is 19.5 Å². The number of aromatic nitrogens is 2. The Kier molecular flexibility index (Phi) is 3.42. The van der Waals surface area contributed by atoms with E-state index in [-0.39, 0.29) is 17.7 Å². The van der Waals surface area contributed by atoms with Crippen LogP contribution in [0.15, 0.2) is 30.3 Å². The van der Waals surface area contributed by atoms with Gasteiger partial charge < -0.3 is 0 Å². The number of benzene rings is 1. The highest BCUT2D eigenvalue weighted by Crippen LogP contribution is 2.32. The Morgan fingerprint density at radius 1 is 1.26 bits per heavy atom. The molecule has 2 rings (SSSR count). The number of aromatic amines is 1. The molecule has 0 unspecified atom stereocenters. The van der Waals surface area contributed by atoms with E-state index in [9.17, 15) is 18.0 Å². The number of ketones is 1. The first-order chi connectivity index (χ1) is 8.89. The monoisotopic (exact) mass is 268 g/mol. The van der Waals surface area contributed by atoms with Crippen LogP contribution < -0.4 is 0 Å². The van der Waals surface area contributed by atoms with Crippen LogP contribution in [-0.2, 0) is 12.6 Å². The fourth-order valence-electron chi connectivity index (χ4n) is 1.86. The van der Waals surface area contributed by atoms with E-state index < -0.39 is 17.7 Å². The second-order valence-electron chi connectivity index (χ2n) is 4.14. The zero-order valence-corrected chi connectivity index (χ0v) is 10.1. The minimum Gasteiger partial charge on any atom is -0.293 e. The molecule has 100 valence electrons. The van der Waals surface area contributed by atoms with Crippen LogP contribution in [-0.4, -0.2) is 16.0 Å². The Bertz CT molecular complexity index is 588. The van der Waals surface area contributed by atoms with Crippen LogP contribution in [0.25, 0.3) is 0 Å². The molecule has 0 bridgehead atoms. The lowest BCUT2D eigenvalue weighted by Gasteiger charge is -2.08. The van der Waals surface area contributed by atoms with E-state index in [1.165, 1.54) is 6.92 Å². The highest BCUT2D eigenvalue weighted by molar-refractivity contribution is 5.94. The van der Waals surface area contributed by atoms with Gasteiger partial charge in [0.2, 0.25) is 0 Å². The largest absolute Gasteiger partial charge is 0.433 e. The Hall–Kier alpha value is -2.11. The standard InChI is InChI=1S/C13H11F3N2O/c1-8(19)11-10(7-9-5-3-2-4-6-9)12(18-17-11)13(14,15)16/h2-6H,7H2,1H3,(H,17,18). The van der Waals surface area contributed by atoms with Gasteiger partial charge in [-0.3, -0.25) is 9.89 Å². The second-order valence-corrected chi connectivity index (χ2v) is 4.14. The van der Waals surface area contributed by atoms with Gasteiger partial charge >= 0.3 is 6.18 Å². The number of halogens is 3. The number of hydrogen-bond acceptors (Lipinski definition) is 2. The molecule has 1 N–H and O–H groups in total. The summed E-state index contributed by atoms with van der Waals surface area (Å²) in [5.41, 5.74) is -0.527. The molecule has 0 aliphatic heterocycles. The molecule has 6 heteroatoms. The first-order valence-electron chi connectivity index (χ1n) is 5.59. The number of hydrogen-bond donors (Lipinski definition) is 1. The van der Waals surface area contributed by atoms with Gasteiger partial charge in [0.1, 0.15) is 11.4 Å². The number of nitrogens with zero attached hydrogens (tertiary/aromatic N) is 1. The maximum absolute atomic E-state index is 12.8. The zero-order chi connectivity index (χ0) is 14.0. The first-order valence-corrected chi connectivity index (χ1v) is 5.59. The molecule has 0 amide bonds. The van der Waals surface area contributed by atoms with E-state index in [4.69, 9.17) is 0 Å². The lowest BCUT2D eigenvalue weighted by atomic mass is 10.0. The average Bonchev–Trinajstić information content (AvgIpc) is 2.74. The number of Topliss-reactive ketones (excluding diaryl/α,β-unsaturated/α-hetero) is 1. The van der Waals surface area contributed by atoms with Gasteiger partial charge in [-0.05, 0) is 5.56 Å². The smallest absolute Gasteiger partial charge is 0.293 e. The predicted octanol–water partition coefficient (Wildman–Crippen LogP) is 3.22. The summed E-state index contributed by atoms with van der Waals surface area (Å²) in [6, 6.07) is 8.65. The van der Waals surface area contributed by atoms with Gasteiger partial charge in [-0.15, -0.1) is 0 Å². The van der Waals surface area contributed by atoms with E-state index in [1.807, 2.05) is 5.10 Å². The Labute approximate surface area is 107 Å². The van der Waals surface area contributed by atoms with Gasteiger partial charge in [0.15, 0.2) is 5.78 Å². The van der Waals surface area contributed by atoms with Crippen LogP contribution in [0.5, 0.6) is 0 Å². The summed E-state index contributed by atoms with van der Waals surface area (Å²) >= 11 is 0. The zero-order valence-electron chi connectivity index (χ0n) is 10.1. The van der Waals surface area contributed by atoms with E-state index >= 15 is 0 Å². The lowest BCUT2D eigenvalue weighted by Crippen LogP contribution is -2.10. The van der Waals surface area contributed by atoms with Crippen LogP contribution in [0.2, 0.25) is 0 Å². The predicted molar refractivity (Wildman–Crippen MR) is 62.8 cm³/mol. The van der Waals surface area contributed by atoms with Crippen molar-refractivity contribution in [2.75, 3.05) is 0 Å². The summed E-state index contributed by atoms with van der Waals surface area (Å²) in [4.78, 5) is 11.3. The fourth-order valence-corrected chi connectivity index (χ4v) is 1.86. The summed E-state index contributed by atoms with van der Waals surface area (Å²) in [5.74, 6) is -0.488. The summed E-state index contributed by atoms with van der Waals surface area (Å²) < 4.78 is 38.5. The number of carbonyl (C=O) groups is 1. The van der Waals surface area contributed by atoms with Gasteiger partial charge in [0.25, 0.3) is 0 Å². The van der Waals surface area contributed by atoms with Crippen molar-refractivity contribution in [3.05, 3.63) is 52.8 Å². The molecular weight excluding hydrogens is 257 g/mol. The SMILES string of the molecule is CC(=O)c1n[nH]c(C(F)(F)F)c1Cc1ccccc1. The molecular formula is C13H11F3N2O. The van der Waals surface area contributed by atoms with Crippen molar-refractivity contribution in [1.82, 2.24) is 10.2 Å². The van der Waals surface area contributed by atoms with Crippen molar-refractivity contribution in [3.63, 3.8) is 0 Å². The van der Waals surface area contributed by atoms with Crippen LogP contribution in [0.3, 0.4) is 0 Å². The summed E-state index contributed by atoms with van der Waals surface area (Å²) in [5, 5.41) is 5.40. The van der Waals surface area contributed by atoms with E-state index in [1.54, 1.807) is 30.3 Å². The number of rotatable bonds is 3. The minimum absolute atomic E-state index is 0.0150. The normalized spacial score (nSPS) is 11.6. The van der Waals surface area contributed by atoms with E-state index in [0.717, 1.165) is 0 Å². The van der Waals surface area contributed by atoms with Crippen molar-refractivity contribution >= 4 is 5.78 Å². The Balaban J connectivity index is 2.47. The maximum atomic E-state index is 12.8. The van der Waals surface area contributed by atoms with Crippen molar-refractivity contribution < 1.29 is 18.0 Å². The molecule has 1 aromatic heterocycles. The molecule has 0 radical (unpaired) electrons. The van der Waals surface area contributed by atoms with Crippen molar-refractivity contribution in [1.29, 1.82) is 0 Å². The van der Waals surface area contributed by atoms with Gasteiger partial charge in [0, 0.05) is 18.9 Å². The van der Waals surface area contributed by atoms with Crippen LogP contribution in [0.4, 0.5) is 13.2 Å². The summed E-state index contributed by atoms with van der Waals surface area (Å²) in [7, 11) is 0. The molecule has 0 saturated heterocycles. The molecule has 0 atom stereocenters. The molecule has 0 saturated carbocycles.